The van der Waals surface area contributed by atoms with E-state index in [0.717, 1.165) is 25.0 Å². The monoisotopic (exact) mass is 260 g/mol. The molecular weight excluding hydrogens is 240 g/mol. The summed E-state index contributed by atoms with van der Waals surface area (Å²) < 4.78 is 5.31. The minimum Gasteiger partial charge on any atom is -0.508 e. The van der Waals surface area contributed by atoms with Gasteiger partial charge in [0.05, 0.1) is 13.2 Å². The lowest BCUT2D eigenvalue weighted by Gasteiger charge is -2.20. The Morgan fingerprint density at radius 2 is 1.89 bits per heavy atom. The fraction of sp³-hybridized carbons (Fsp3) is 0.375. The van der Waals surface area contributed by atoms with E-state index in [1.165, 1.54) is 5.56 Å². The molecule has 19 heavy (non-hydrogen) atoms. The van der Waals surface area contributed by atoms with Gasteiger partial charge in [0.1, 0.15) is 11.5 Å². The molecule has 0 aromatic heterocycles. The maximum absolute atomic E-state index is 9.49. The first kappa shape index (κ1) is 13.7. The van der Waals surface area contributed by atoms with E-state index < -0.39 is 6.10 Å². The van der Waals surface area contributed by atoms with E-state index in [1.54, 1.807) is 31.4 Å². The number of aryl methyl sites for hydroxylation is 1. The average molecular weight is 260 g/mol. The summed E-state index contributed by atoms with van der Waals surface area (Å²) in [7, 11) is 1.64. The first-order valence-electron chi connectivity index (χ1n) is 6.59. The third-order valence-electron chi connectivity index (χ3n) is 3.39. The van der Waals surface area contributed by atoms with E-state index in [1.807, 2.05) is 18.2 Å². The van der Waals surface area contributed by atoms with Crippen molar-refractivity contribution in [1.82, 2.24) is 0 Å². The van der Waals surface area contributed by atoms with Gasteiger partial charge in [-0.2, -0.15) is 0 Å². The minimum absolute atomic E-state index is 0.255. The number of phenols is 1. The lowest BCUT2D eigenvalue weighted by atomic mass is 9.93. The van der Waals surface area contributed by atoms with Crippen LogP contribution in [-0.2, 0) is 11.2 Å². The molecule has 0 saturated heterocycles. The van der Waals surface area contributed by atoms with E-state index in [9.17, 15) is 10.2 Å². The molecule has 2 atom stereocenters. The molecule has 0 amide bonds. The Kier molecular flexibility index (Phi) is 4.63. The Labute approximate surface area is 113 Å². The number of rotatable bonds is 5. The van der Waals surface area contributed by atoms with E-state index in [-0.39, 0.29) is 5.92 Å². The number of aromatic hydroxyl groups is 1. The van der Waals surface area contributed by atoms with E-state index in [0.29, 0.717) is 5.75 Å². The fourth-order valence-electron chi connectivity index (χ4n) is 2.34. The molecule has 0 spiro atoms. The van der Waals surface area contributed by atoms with Crippen LogP contribution in [0.5, 0.6) is 5.75 Å². The third kappa shape index (κ3) is 3.86. The van der Waals surface area contributed by atoms with Crippen molar-refractivity contribution in [1.29, 1.82) is 0 Å². The Balaban J connectivity index is 1.84. The number of allylic oxidation sites excluding steroid dienone is 1. The van der Waals surface area contributed by atoms with Crippen LogP contribution >= 0.6 is 0 Å². The van der Waals surface area contributed by atoms with Gasteiger partial charge in [-0.15, -0.1) is 0 Å². The first-order valence-corrected chi connectivity index (χ1v) is 6.59. The summed E-state index contributed by atoms with van der Waals surface area (Å²) in [5, 5.41) is 18.7. The number of hydrogen-bond acceptors (Lipinski definition) is 3. The molecule has 2 N–H and O–H groups in total. The second kappa shape index (κ2) is 6.43. The lowest BCUT2D eigenvalue weighted by Crippen LogP contribution is -2.13. The molecule has 0 fully saturated rings. The second-order valence-corrected chi connectivity index (χ2v) is 4.81. The molecular formula is C16H20O3. The largest absolute Gasteiger partial charge is 0.508 e. The Hall–Kier alpha value is -1.74. The Morgan fingerprint density at radius 1 is 1.16 bits per heavy atom. The maximum atomic E-state index is 9.49. The zero-order valence-corrected chi connectivity index (χ0v) is 11.1. The predicted octanol–water partition coefficient (Wildman–Crippen LogP) is 2.79. The van der Waals surface area contributed by atoms with Crippen molar-refractivity contribution in [3.05, 3.63) is 53.8 Å². The lowest BCUT2D eigenvalue weighted by molar-refractivity contribution is 0.216. The summed E-state index contributed by atoms with van der Waals surface area (Å²) in [5.41, 5.74) is 1.22. The number of ether oxygens (including phenoxy) is 1. The predicted molar refractivity (Wildman–Crippen MR) is 74.8 cm³/mol. The number of phenolic OH excluding ortho intramolecular Hbond substituents is 1. The van der Waals surface area contributed by atoms with Crippen LogP contribution in [-0.4, -0.2) is 23.4 Å². The van der Waals surface area contributed by atoms with Crippen LogP contribution < -0.4 is 0 Å². The number of benzene rings is 1. The van der Waals surface area contributed by atoms with Gasteiger partial charge >= 0.3 is 0 Å². The number of hydrogen-bond donors (Lipinski definition) is 2. The van der Waals surface area contributed by atoms with Crippen molar-refractivity contribution < 1.29 is 14.9 Å². The van der Waals surface area contributed by atoms with Gasteiger partial charge in [0.25, 0.3) is 0 Å². The highest BCUT2D eigenvalue weighted by molar-refractivity contribution is 5.26. The molecule has 0 radical (unpaired) electrons. The van der Waals surface area contributed by atoms with Gasteiger partial charge in [-0.3, -0.25) is 0 Å². The van der Waals surface area contributed by atoms with Crippen molar-refractivity contribution in [2.45, 2.75) is 25.4 Å². The summed E-state index contributed by atoms with van der Waals surface area (Å²) in [4.78, 5) is 0. The van der Waals surface area contributed by atoms with Crippen LogP contribution in [0.4, 0.5) is 0 Å². The zero-order valence-electron chi connectivity index (χ0n) is 11.1. The van der Waals surface area contributed by atoms with Crippen LogP contribution in [0.25, 0.3) is 0 Å². The van der Waals surface area contributed by atoms with Crippen LogP contribution in [0.3, 0.4) is 0 Å². The highest BCUT2D eigenvalue weighted by Crippen LogP contribution is 2.25. The van der Waals surface area contributed by atoms with E-state index in [4.69, 9.17) is 4.74 Å². The average Bonchev–Trinajstić information content (AvgIpc) is 2.42. The standard InChI is InChI=1S/C16H20O3/c1-19-16-11-15(18)10-7-13(16)4-2-3-12-5-8-14(17)9-6-12/h5-11,13,15,17-18H,2-4H2,1H3/t13-,15+/m1/s1. The van der Waals surface area contributed by atoms with Crippen molar-refractivity contribution in [3.63, 3.8) is 0 Å². The quantitative estimate of drug-likeness (QED) is 0.800. The van der Waals surface area contributed by atoms with Gasteiger partial charge < -0.3 is 14.9 Å². The normalized spacial score (nSPS) is 22.1. The maximum Gasteiger partial charge on any atom is 0.115 e. The third-order valence-corrected chi connectivity index (χ3v) is 3.39. The SMILES string of the molecule is COC1=C[C@@H](O)C=C[C@H]1CCCc1ccc(O)cc1. The molecule has 102 valence electrons. The van der Waals surface area contributed by atoms with E-state index in [2.05, 4.69) is 0 Å². The molecule has 0 aliphatic heterocycles. The molecule has 1 aromatic carbocycles. The second-order valence-electron chi connectivity index (χ2n) is 4.81. The van der Waals surface area contributed by atoms with Gasteiger partial charge in [0.15, 0.2) is 0 Å². The number of aliphatic hydroxyl groups excluding tert-OH is 1. The van der Waals surface area contributed by atoms with Gasteiger partial charge in [-0.1, -0.05) is 24.3 Å². The Morgan fingerprint density at radius 3 is 2.58 bits per heavy atom. The molecule has 1 aromatic rings. The molecule has 1 aliphatic carbocycles. The first-order chi connectivity index (χ1) is 9.19. The van der Waals surface area contributed by atoms with E-state index >= 15 is 0 Å². The number of methoxy groups -OCH3 is 1. The molecule has 2 rings (SSSR count). The number of aliphatic hydroxyl groups is 1. The van der Waals surface area contributed by atoms with Crippen LogP contribution in [0.2, 0.25) is 0 Å². The highest BCUT2D eigenvalue weighted by atomic mass is 16.5. The molecule has 1 aliphatic rings. The summed E-state index contributed by atoms with van der Waals surface area (Å²) in [6, 6.07) is 7.32. The van der Waals surface area contributed by atoms with Gasteiger partial charge in [0, 0.05) is 5.92 Å². The van der Waals surface area contributed by atoms with Crippen LogP contribution in [0, 0.1) is 5.92 Å². The molecule has 0 unspecified atom stereocenters. The smallest absolute Gasteiger partial charge is 0.115 e. The van der Waals surface area contributed by atoms with Crippen molar-refractivity contribution in [3.8, 4) is 5.75 Å². The van der Waals surface area contributed by atoms with Crippen molar-refractivity contribution >= 4 is 0 Å². The summed E-state index contributed by atoms with van der Waals surface area (Å²) >= 11 is 0. The molecule has 0 bridgehead atoms. The minimum atomic E-state index is -0.525. The van der Waals surface area contributed by atoms with Crippen molar-refractivity contribution in [2.75, 3.05) is 7.11 Å². The molecule has 3 nitrogen and oxygen atoms in total. The summed E-state index contributed by atoms with van der Waals surface area (Å²) in [6.45, 7) is 0. The highest BCUT2D eigenvalue weighted by Gasteiger charge is 2.17. The van der Waals surface area contributed by atoms with Gasteiger partial charge in [0.2, 0.25) is 0 Å². The van der Waals surface area contributed by atoms with Gasteiger partial charge in [-0.05, 0) is 43.0 Å². The van der Waals surface area contributed by atoms with Crippen molar-refractivity contribution in [2.24, 2.45) is 5.92 Å². The summed E-state index contributed by atoms with van der Waals surface area (Å²) in [5.74, 6) is 1.41. The molecule has 0 heterocycles. The fourth-order valence-corrected chi connectivity index (χ4v) is 2.34. The molecule has 3 heteroatoms. The van der Waals surface area contributed by atoms with Crippen LogP contribution in [0.15, 0.2) is 48.3 Å². The zero-order chi connectivity index (χ0) is 13.7. The summed E-state index contributed by atoms with van der Waals surface area (Å²) in [6.07, 6.45) is 8.05. The van der Waals surface area contributed by atoms with Crippen LogP contribution in [0.1, 0.15) is 18.4 Å². The topological polar surface area (TPSA) is 49.7 Å². The Bertz CT molecular complexity index is 459. The van der Waals surface area contributed by atoms with Gasteiger partial charge in [-0.25, -0.2) is 0 Å². The molecule has 0 saturated carbocycles.